The molecule has 1 atom stereocenters. The molecule has 5 nitrogen and oxygen atoms in total. The molecule has 0 N–H and O–H groups in total. The smallest absolute Gasteiger partial charge is 0.274 e. The number of carbonyl (C=O) groups excluding carboxylic acids is 1. The minimum Gasteiger partial charge on any atom is -0.326 e. The molecule has 2 aromatic carbocycles. The number of nitrogens with zero attached hydrogens (tertiary/aromatic N) is 4. The third kappa shape index (κ3) is 3.99. The second kappa shape index (κ2) is 8.40. The fraction of sp³-hybridized carbons (Fsp3) is 0.200. The third-order valence-electron chi connectivity index (χ3n) is 5.69. The van der Waals surface area contributed by atoms with E-state index in [1.165, 1.54) is 28.0 Å². The average molecular weight is 427 g/mol. The van der Waals surface area contributed by atoms with Gasteiger partial charge in [-0.2, -0.15) is 0 Å². The van der Waals surface area contributed by atoms with Crippen molar-refractivity contribution in [1.29, 1.82) is 0 Å². The van der Waals surface area contributed by atoms with Crippen LogP contribution < -0.4 is 0 Å². The van der Waals surface area contributed by atoms with Gasteiger partial charge in [0.25, 0.3) is 5.91 Å². The second-order valence-corrected chi connectivity index (χ2v) is 8.64. The second-order valence-electron chi connectivity index (χ2n) is 7.78. The van der Waals surface area contributed by atoms with Gasteiger partial charge in [-0.05, 0) is 42.5 Å². The number of rotatable bonds is 5. The molecule has 154 valence electrons. The maximum absolute atomic E-state index is 13.7. The Labute approximate surface area is 185 Å². The zero-order valence-electron chi connectivity index (χ0n) is 17.2. The topological polar surface area (TPSA) is 59.0 Å². The summed E-state index contributed by atoms with van der Waals surface area (Å²) in [5.41, 5.74) is 5.34. The summed E-state index contributed by atoms with van der Waals surface area (Å²) in [6.45, 7) is 2.62. The van der Waals surface area contributed by atoms with Gasteiger partial charge in [0, 0.05) is 24.3 Å². The lowest BCUT2D eigenvalue weighted by molar-refractivity contribution is 0.0653. The van der Waals surface area contributed by atoms with Gasteiger partial charge in [0.05, 0.1) is 6.04 Å². The molecule has 1 aliphatic carbocycles. The normalized spacial score (nSPS) is 14.9. The quantitative estimate of drug-likeness (QED) is 0.438. The highest BCUT2D eigenvalue weighted by atomic mass is 32.1. The van der Waals surface area contributed by atoms with Crippen LogP contribution in [0.15, 0.2) is 72.4 Å². The van der Waals surface area contributed by atoms with E-state index in [-0.39, 0.29) is 11.9 Å². The molecule has 0 saturated heterocycles. The van der Waals surface area contributed by atoms with Crippen LogP contribution in [0.1, 0.15) is 45.2 Å². The van der Waals surface area contributed by atoms with Crippen molar-refractivity contribution in [1.82, 2.24) is 19.9 Å². The van der Waals surface area contributed by atoms with E-state index in [0.29, 0.717) is 23.1 Å². The molecule has 1 unspecified atom stereocenters. The van der Waals surface area contributed by atoms with Crippen LogP contribution >= 0.6 is 11.3 Å². The molecule has 1 amide bonds. The number of hydrogen-bond acceptors (Lipinski definition) is 5. The van der Waals surface area contributed by atoms with Crippen LogP contribution in [0.4, 0.5) is 0 Å². The Morgan fingerprint density at radius 3 is 2.65 bits per heavy atom. The van der Waals surface area contributed by atoms with E-state index in [0.717, 1.165) is 18.4 Å². The Kier molecular flexibility index (Phi) is 5.30. The fourth-order valence-corrected chi connectivity index (χ4v) is 4.84. The first kappa shape index (κ1) is 19.6. The molecule has 0 fully saturated rings. The molecule has 0 radical (unpaired) electrons. The van der Waals surface area contributed by atoms with Gasteiger partial charge in [0.15, 0.2) is 10.8 Å². The van der Waals surface area contributed by atoms with Gasteiger partial charge in [-0.3, -0.25) is 4.79 Å². The summed E-state index contributed by atoms with van der Waals surface area (Å²) >= 11 is 1.40. The van der Waals surface area contributed by atoms with E-state index in [1.54, 1.807) is 18.5 Å². The van der Waals surface area contributed by atoms with Crippen LogP contribution in [0, 0.1) is 6.92 Å². The van der Waals surface area contributed by atoms with Crippen LogP contribution in [0.5, 0.6) is 0 Å². The van der Waals surface area contributed by atoms with E-state index in [2.05, 4.69) is 70.4 Å². The molecule has 0 spiro atoms. The molecule has 31 heavy (non-hydrogen) atoms. The number of carbonyl (C=O) groups is 1. The minimum atomic E-state index is -0.0549. The first-order valence-electron chi connectivity index (χ1n) is 10.4. The molecule has 5 rings (SSSR count). The SMILES string of the molecule is Cc1ccc(CN(C(=O)c2csc(-c3ncccn3)n2)C2CCc3ccccc32)cc1. The molecule has 2 aromatic heterocycles. The first-order valence-corrected chi connectivity index (χ1v) is 11.2. The summed E-state index contributed by atoms with van der Waals surface area (Å²) in [7, 11) is 0. The number of aromatic nitrogens is 3. The van der Waals surface area contributed by atoms with Crippen molar-refractivity contribution >= 4 is 17.2 Å². The van der Waals surface area contributed by atoms with Gasteiger partial charge in [-0.1, -0.05) is 54.1 Å². The summed E-state index contributed by atoms with van der Waals surface area (Å²) in [5, 5.41) is 2.47. The number of amides is 1. The lowest BCUT2D eigenvalue weighted by atomic mass is 10.0. The molecule has 2 heterocycles. The minimum absolute atomic E-state index is 0.0446. The largest absolute Gasteiger partial charge is 0.326 e. The van der Waals surface area contributed by atoms with Crippen LogP contribution in [-0.2, 0) is 13.0 Å². The summed E-state index contributed by atoms with van der Waals surface area (Å²) < 4.78 is 0. The van der Waals surface area contributed by atoms with E-state index >= 15 is 0 Å². The third-order valence-corrected chi connectivity index (χ3v) is 6.53. The lowest BCUT2D eigenvalue weighted by Gasteiger charge is -2.29. The molecule has 0 aliphatic heterocycles. The Morgan fingerprint density at radius 2 is 1.84 bits per heavy atom. The van der Waals surface area contributed by atoms with Crippen molar-refractivity contribution in [3.63, 3.8) is 0 Å². The summed E-state index contributed by atoms with van der Waals surface area (Å²) in [6, 6.07) is 18.6. The molecule has 4 aromatic rings. The fourth-order valence-electron chi connectivity index (χ4n) is 4.10. The van der Waals surface area contributed by atoms with E-state index in [4.69, 9.17) is 0 Å². The Balaban J connectivity index is 1.49. The van der Waals surface area contributed by atoms with E-state index in [9.17, 15) is 4.79 Å². The number of fused-ring (bicyclic) bond motifs is 1. The van der Waals surface area contributed by atoms with Crippen molar-refractivity contribution in [2.45, 2.75) is 32.4 Å². The number of benzene rings is 2. The molecular formula is C25H22N4OS. The predicted molar refractivity (Wildman–Crippen MR) is 122 cm³/mol. The van der Waals surface area contributed by atoms with Crippen molar-refractivity contribution < 1.29 is 4.79 Å². The lowest BCUT2D eigenvalue weighted by Crippen LogP contribution is -2.33. The molecule has 0 bridgehead atoms. The molecule has 1 aliphatic rings. The maximum atomic E-state index is 13.7. The van der Waals surface area contributed by atoms with E-state index < -0.39 is 0 Å². The van der Waals surface area contributed by atoms with Crippen LogP contribution in [0.3, 0.4) is 0 Å². The number of hydrogen-bond donors (Lipinski definition) is 0. The van der Waals surface area contributed by atoms with Crippen molar-refractivity contribution in [3.05, 3.63) is 100 Å². The Bertz CT molecular complexity index is 1200. The summed E-state index contributed by atoms with van der Waals surface area (Å²) in [6.07, 6.45) is 5.28. The average Bonchev–Trinajstić information content (AvgIpc) is 3.47. The van der Waals surface area contributed by atoms with Gasteiger partial charge in [0.2, 0.25) is 0 Å². The maximum Gasteiger partial charge on any atom is 0.274 e. The van der Waals surface area contributed by atoms with Crippen molar-refractivity contribution in [2.24, 2.45) is 0 Å². The zero-order chi connectivity index (χ0) is 21.2. The van der Waals surface area contributed by atoms with Crippen molar-refractivity contribution in [2.75, 3.05) is 0 Å². The standard InChI is InChI=1S/C25H22N4OS/c1-17-7-9-18(10-8-17)15-29(22-12-11-19-5-2-3-6-20(19)22)25(30)21-16-31-24(28-21)23-26-13-4-14-27-23/h2-10,13-14,16,22H,11-12,15H2,1H3. The van der Waals surface area contributed by atoms with Gasteiger partial charge >= 0.3 is 0 Å². The number of thiazole rings is 1. The first-order chi connectivity index (χ1) is 15.2. The van der Waals surface area contributed by atoms with Crippen LogP contribution in [0.2, 0.25) is 0 Å². The number of aryl methyl sites for hydroxylation is 2. The zero-order valence-corrected chi connectivity index (χ0v) is 18.0. The predicted octanol–water partition coefficient (Wildman–Crippen LogP) is 5.24. The van der Waals surface area contributed by atoms with Crippen LogP contribution in [-0.4, -0.2) is 25.8 Å². The van der Waals surface area contributed by atoms with Crippen molar-refractivity contribution in [3.8, 4) is 10.8 Å². The highest BCUT2D eigenvalue weighted by molar-refractivity contribution is 7.13. The van der Waals surface area contributed by atoms with E-state index in [1.807, 2.05) is 10.3 Å². The van der Waals surface area contributed by atoms with Gasteiger partial charge in [0.1, 0.15) is 5.69 Å². The highest BCUT2D eigenvalue weighted by Crippen LogP contribution is 2.37. The Morgan fingerprint density at radius 1 is 1.06 bits per heavy atom. The van der Waals surface area contributed by atoms with Gasteiger partial charge < -0.3 is 4.90 Å². The van der Waals surface area contributed by atoms with Gasteiger partial charge in [-0.25, -0.2) is 15.0 Å². The highest BCUT2D eigenvalue weighted by Gasteiger charge is 2.32. The van der Waals surface area contributed by atoms with Crippen LogP contribution in [0.25, 0.3) is 10.8 Å². The molecule has 6 heteroatoms. The molecular weight excluding hydrogens is 404 g/mol. The monoisotopic (exact) mass is 426 g/mol. The van der Waals surface area contributed by atoms with Gasteiger partial charge in [-0.15, -0.1) is 11.3 Å². The molecule has 0 saturated carbocycles. The summed E-state index contributed by atoms with van der Waals surface area (Å²) in [5.74, 6) is 0.489. The summed E-state index contributed by atoms with van der Waals surface area (Å²) in [4.78, 5) is 28.8. The Hall–Kier alpha value is -3.38.